The molecule has 5 aliphatic heterocycles. The SMILES string of the molecule is CN.c1ccc(C2=c3cc4c5c(c3Oc3c2cc2c6c3CCCN6CCC2)CCC[N+]=5CCC4)cc1. The molecule has 0 saturated heterocycles. The maximum atomic E-state index is 7.10. The van der Waals surface area contributed by atoms with E-state index in [9.17, 15) is 0 Å². The second-order valence-electron chi connectivity index (χ2n) is 10.7. The van der Waals surface area contributed by atoms with Crippen molar-refractivity contribution in [2.24, 2.45) is 5.73 Å². The lowest BCUT2D eigenvalue weighted by molar-refractivity contribution is 0.431. The van der Waals surface area contributed by atoms with Crippen LogP contribution >= 0.6 is 0 Å². The van der Waals surface area contributed by atoms with Gasteiger partial charge in [0.15, 0.2) is 0 Å². The van der Waals surface area contributed by atoms with Gasteiger partial charge in [0.2, 0.25) is 5.36 Å². The maximum absolute atomic E-state index is 7.10. The molecule has 5 heterocycles. The molecular formula is C32H36N3O+. The van der Waals surface area contributed by atoms with E-state index < -0.39 is 0 Å². The van der Waals surface area contributed by atoms with Crippen molar-refractivity contribution in [1.29, 1.82) is 0 Å². The maximum Gasteiger partial charge on any atom is 0.210 e. The van der Waals surface area contributed by atoms with E-state index in [0.29, 0.717) is 0 Å². The van der Waals surface area contributed by atoms with E-state index in [1.54, 1.807) is 0 Å². The summed E-state index contributed by atoms with van der Waals surface area (Å²) in [5.41, 5.74) is 16.0. The highest BCUT2D eigenvalue weighted by molar-refractivity contribution is 5.89. The highest BCUT2D eigenvalue weighted by Crippen LogP contribution is 2.48. The molecule has 0 aliphatic carbocycles. The third kappa shape index (κ3) is 3.20. The van der Waals surface area contributed by atoms with Gasteiger partial charge in [0, 0.05) is 59.1 Å². The second kappa shape index (κ2) is 8.77. The van der Waals surface area contributed by atoms with Crippen LogP contribution in [0.5, 0.6) is 11.5 Å². The van der Waals surface area contributed by atoms with E-state index in [4.69, 9.17) is 4.74 Å². The van der Waals surface area contributed by atoms with E-state index >= 15 is 0 Å². The van der Waals surface area contributed by atoms with Gasteiger partial charge in [0.05, 0.1) is 5.56 Å². The predicted octanol–water partition coefficient (Wildman–Crippen LogP) is 3.70. The Balaban J connectivity index is 0.00000108. The number of nitrogens with zero attached hydrogens (tertiary/aromatic N) is 2. The number of nitrogens with two attached hydrogens (primary N) is 1. The van der Waals surface area contributed by atoms with Gasteiger partial charge in [-0.05, 0) is 68.8 Å². The van der Waals surface area contributed by atoms with Gasteiger partial charge >= 0.3 is 0 Å². The minimum absolute atomic E-state index is 1.13. The average molecular weight is 479 g/mol. The first-order valence-corrected chi connectivity index (χ1v) is 13.9. The Hall–Kier alpha value is -3.11. The molecule has 0 atom stereocenters. The van der Waals surface area contributed by atoms with Gasteiger partial charge in [-0.25, -0.2) is 4.58 Å². The zero-order valence-corrected chi connectivity index (χ0v) is 21.4. The smallest absolute Gasteiger partial charge is 0.210 e. The van der Waals surface area contributed by atoms with Crippen LogP contribution in [0.15, 0.2) is 42.5 Å². The number of rotatable bonds is 1. The van der Waals surface area contributed by atoms with Crippen LogP contribution in [-0.2, 0) is 25.7 Å². The lowest BCUT2D eigenvalue weighted by Gasteiger charge is -2.39. The van der Waals surface area contributed by atoms with Crippen molar-refractivity contribution in [3.8, 4) is 11.5 Å². The van der Waals surface area contributed by atoms with Gasteiger partial charge < -0.3 is 15.4 Å². The molecule has 0 saturated carbocycles. The minimum atomic E-state index is 1.13. The molecule has 0 radical (unpaired) electrons. The van der Waals surface area contributed by atoms with Gasteiger partial charge in [0.25, 0.3) is 0 Å². The molecule has 36 heavy (non-hydrogen) atoms. The third-order valence-corrected chi connectivity index (χ3v) is 8.75. The summed E-state index contributed by atoms with van der Waals surface area (Å²) in [4.78, 5) is 2.64. The highest BCUT2D eigenvalue weighted by Gasteiger charge is 2.35. The van der Waals surface area contributed by atoms with E-state index in [-0.39, 0.29) is 0 Å². The van der Waals surface area contributed by atoms with E-state index in [0.717, 1.165) is 24.3 Å². The molecule has 4 nitrogen and oxygen atoms in total. The summed E-state index contributed by atoms with van der Waals surface area (Å²) in [5, 5.41) is 2.83. The number of anilines is 1. The Morgan fingerprint density at radius 1 is 0.778 bits per heavy atom. The van der Waals surface area contributed by atoms with Gasteiger partial charge in [-0.1, -0.05) is 30.3 Å². The quantitative estimate of drug-likeness (QED) is 0.424. The number of ether oxygens (including phenoxy) is 1. The molecule has 0 aromatic heterocycles. The molecule has 0 unspecified atom stereocenters. The second-order valence-corrected chi connectivity index (χ2v) is 10.7. The van der Waals surface area contributed by atoms with Crippen molar-refractivity contribution >= 4 is 11.3 Å². The highest BCUT2D eigenvalue weighted by atomic mass is 16.5. The average Bonchev–Trinajstić information content (AvgIpc) is 2.94. The topological polar surface area (TPSA) is 41.5 Å². The first-order chi connectivity index (χ1) is 17.9. The molecular weight excluding hydrogens is 442 g/mol. The summed E-state index contributed by atoms with van der Waals surface area (Å²) in [6, 6.07) is 16.1. The van der Waals surface area contributed by atoms with Crippen molar-refractivity contribution in [3.63, 3.8) is 0 Å². The lowest BCUT2D eigenvalue weighted by Crippen LogP contribution is -2.45. The first-order valence-electron chi connectivity index (χ1n) is 13.9. The number of hydrogen-bond acceptors (Lipinski definition) is 3. The predicted molar refractivity (Wildman–Crippen MR) is 147 cm³/mol. The van der Waals surface area contributed by atoms with E-state index in [1.165, 1.54) is 127 Å². The Labute approximate surface area is 213 Å². The summed E-state index contributed by atoms with van der Waals surface area (Å²) in [6.45, 7) is 4.77. The molecule has 0 bridgehead atoms. The lowest BCUT2D eigenvalue weighted by atomic mass is 9.83. The molecule has 4 heteroatoms. The van der Waals surface area contributed by atoms with Gasteiger partial charge in [-0.3, -0.25) is 0 Å². The van der Waals surface area contributed by atoms with Gasteiger partial charge in [0.1, 0.15) is 24.6 Å². The first kappa shape index (κ1) is 22.1. The number of fused-ring (bicyclic) bond motifs is 4. The molecule has 184 valence electrons. The largest absolute Gasteiger partial charge is 0.455 e. The van der Waals surface area contributed by atoms with Crippen LogP contribution in [0.4, 0.5) is 5.69 Å². The molecule has 0 spiro atoms. The molecule has 0 fully saturated rings. The number of hydrogen-bond donors (Lipinski definition) is 1. The van der Waals surface area contributed by atoms with Crippen LogP contribution < -0.4 is 30.5 Å². The van der Waals surface area contributed by atoms with Crippen LogP contribution in [0.3, 0.4) is 0 Å². The van der Waals surface area contributed by atoms with Crippen molar-refractivity contribution in [3.05, 3.63) is 86.4 Å². The normalized spacial score (nSPS) is 18.7. The molecule has 8 rings (SSSR count). The molecule has 0 amide bonds. The fraction of sp³-hybridized carbons (Fsp3) is 0.406. The van der Waals surface area contributed by atoms with Crippen LogP contribution in [0, 0.1) is 0 Å². The monoisotopic (exact) mass is 478 g/mol. The molecule has 5 aliphatic rings. The molecule has 3 aromatic rings. The van der Waals surface area contributed by atoms with Crippen molar-refractivity contribution in [2.75, 3.05) is 38.1 Å². The fourth-order valence-electron chi connectivity index (χ4n) is 7.43. The number of benzene rings is 3. The zero-order chi connectivity index (χ0) is 24.2. The Morgan fingerprint density at radius 2 is 1.50 bits per heavy atom. The molecule has 3 aromatic carbocycles. The molecule has 2 N–H and O–H groups in total. The van der Waals surface area contributed by atoms with Crippen molar-refractivity contribution in [2.45, 2.75) is 51.4 Å². The van der Waals surface area contributed by atoms with E-state index in [1.807, 2.05) is 0 Å². The van der Waals surface area contributed by atoms with Crippen LogP contribution in [-0.4, -0.2) is 33.2 Å². The minimum Gasteiger partial charge on any atom is -0.455 e. The summed E-state index contributed by atoms with van der Waals surface area (Å²) >= 11 is 0. The summed E-state index contributed by atoms with van der Waals surface area (Å²) < 4.78 is 9.73. The standard InChI is InChI=1S/C31H31N2O.CH5N/c1-2-8-20(9-3-1)27-25-18-21-10-4-14-32-16-6-12-23(28(21)32)30(25)34-31-24-13-7-17-33-15-5-11-22(29(24)33)19-26(27)31;1-2/h1-3,8-9,18-19H,4-7,10-17H2;2H2,1H3/q+1;. The van der Waals surface area contributed by atoms with E-state index in [2.05, 4.69) is 57.7 Å². The Kier molecular flexibility index (Phi) is 5.39. The Morgan fingerprint density at radius 3 is 2.33 bits per heavy atom. The van der Waals surface area contributed by atoms with Crippen LogP contribution in [0.2, 0.25) is 0 Å². The van der Waals surface area contributed by atoms with Gasteiger partial charge in [-0.2, -0.15) is 0 Å². The summed E-state index contributed by atoms with van der Waals surface area (Å²) in [6.07, 6.45) is 9.61. The van der Waals surface area contributed by atoms with Crippen LogP contribution in [0.25, 0.3) is 5.57 Å². The summed E-state index contributed by atoms with van der Waals surface area (Å²) in [7, 11) is 1.50. The van der Waals surface area contributed by atoms with Crippen molar-refractivity contribution < 1.29 is 4.74 Å². The Bertz CT molecular complexity index is 1480. The van der Waals surface area contributed by atoms with Crippen LogP contribution in [0.1, 0.15) is 59.1 Å². The van der Waals surface area contributed by atoms with Crippen molar-refractivity contribution in [1.82, 2.24) is 4.58 Å². The third-order valence-electron chi connectivity index (χ3n) is 8.75. The summed E-state index contributed by atoms with van der Waals surface area (Å²) in [5.74, 6) is 2.31. The number of aryl methyl sites for hydroxylation is 2. The van der Waals surface area contributed by atoms with Gasteiger partial charge in [-0.15, -0.1) is 0 Å². The fourth-order valence-corrected chi connectivity index (χ4v) is 7.43. The zero-order valence-electron chi connectivity index (χ0n) is 21.4.